The van der Waals surface area contributed by atoms with Crippen LogP contribution >= 0.6 is 11.8 Å². The lowest BCUT2D eigenvalue weighted by Crippen LogP contribution is -2.24. The Hall–Kier alpha value is -2.68. The summed E-state index contributed by atoms with van der Waals surface area (Å²) >= 11 is 1.19. The Morgan fingerprint density at radius 3 is 2.57 bits per heavy atom. The maximum absolute atomic E-state index is 11.8. The molecular formula is C14H15N5O3S. The molecule has 0 aliphatic carbocycles. The molecule has 0 saturated heterocycles. The zero-order valence-electron chi connectivity index (χ0n) is 12.5. The van der Waals surface area contributed by atoms with Gasteiger partial charge < -0.3 is 0 Å². The first-order valence-corrected chi connectivity index (χ1v) is 7.66. The lowest BCUT2D eigenvalue weighted by Gasteiger charge is -2.03. The lowest BCUT2D eigenvalue weighted by molar-refractivity contribution is 0.0954. The van der Waals surface area contributed by atoms with Crippen molar-refractivity contribution in [2.45, 2.75) is 24.6 Å². The molecule has 0 aliphatic heterocycles. The van der Waals surface area contributed by atoms with E-state index in [2.05, 4.69) is 25.7 Å². The van der Waals surface area contributed by atoms with Crippen LogP contribution in [0.3, 0.4) is 0 Å². The Morgan fingerprint density at radius 2 is 1.96 bits per heavy atom. The van der Waals surface area contributed by atoms with Crippen molar-refractivity contribution in [1.82, 2.24) is 20.6 Å². The standard InChI is InChI=1S/C14H15N5O3S/c1-8(2)16-17-11(20)10-5-3-9(4-6-10)7-23-13-12(21)15-14(22)19-18-13/h3-6H,7H2,1-2H3,(H,17,20)(H2,15,19,21,22). The van der Waals surface area contributed by atoms with Gasteiger partial charge in [-0.3, -0.25) is 14.6 Å². The van der Waals surface area contributed by atoms with Crippen LogP contribution < -0.4 is 16.7 Å². The van der Waals surface area contributed by atoms with Crippen LogP contribution in [0.4, 0.5) is 0 Å². The zero-order valence-corrected chi connectivity index (χ0v) is 13.4. The van der Waals surface area contributed by atoms with Crippen molar-refractivity contribution in [3.05, 3.63) is 56.2 Å². The highest BCUT2D eigenvalue weighted by atomic mass is 32.2. The monoisotopic (exact) mass is 333 g/mol. The molecule has 0 fully saturated rings. The summed E-state index contributed by atoms with van der Waals surface area (Å²) in [5.74, 6) is 0.195. The number of nitrogens with one attached hydrogen (secondary N) is 3. The third-order valence-corrected chi connectivity index (χ3v) is 3.68. The average Bonchev–Trinajstić information content (AvgIpc) is 2.52. The summed E-state index contributed by atoms with van der Waals surface area (Å²) in [6.45, 7) is 3.57. The molecule has 120 valence electrons. The first kappa shape index (κ1) is 16.7. The number of hydrogen-bond acceptors (Lipinski definition) is 6. The van der Waals surface area contributed by atoms with Crippen molar-refractivity contribution in [1.29, 1.82) is 0 Å². The molecule has 0 bridgehead atoms. The van der Waals surface area contributed by atoms with Crippen molar-refractivity contribution in [2.24, 2.45) is 5.10 Å². The summed E-state index contributed by atoms with van der Waals surface area (Å²) in [6, 6.07) is 6.92. The van der Waals surface area contributed by atoms with Crippen LogP contribution in [0.25, 0.3) is 0 Å². The molecule has 0 saturated carbocycles. The number of benzene rings is 1. The quantitative estimate of drug-likeness (QED) is 0.426. The van der Waals surface area contributed by atoms with Gasteiger partial charge in [-0.05, 0) is 31.5 Å². The molecule has 8 nitrogen and oxygen atoms in total. The second kappa shape index (κ2) is 7.54. The fraction of sp³-hybridized carbons (Fsp3) is 0.214. The maximum Gasteiger partial charge on any atom is 0.342 e. The molecule has 0 aliphatic rings. The molecule has 1 heterocycles. The van der Waals surface area contributed by atoms with Gasteiger partial charge in [-0.2, -0.15) is 10.2 Å². The van der Waals surface area contributed by atoms with E-state index in [0.717, 1.165) is 11.3 Å². The van der Waals surface area contributed by atoms with Crippen LogP contribution in [0.15, 0.2) is 44.0 Å². The number of carbonyl (C=O) groups is 1. The van der Waals surface area contributed by atoms with Gasteiger partial charge in [-0.1, -0.05) is 23.9 Å². The molecule has 0 radical (unpaired) electrons. The van der Waals surface area contributed by atoms with Gasteiger partial charge in [0.1, 0.15) is 0 Å². The Morgan fingerprint density at radius 1 is 1.26 bits per heavy atom. The minimum absolute atomic E-state index is 0.180. The molecule has 9 heteroatoms. The number of amides is 1. The Kier molecular flexibility index (Phi) is 5.47. The van der Waals surface area contributed by atoms with Gasteiger partial charge >= 0.3 is 5.69 Å². The fourth-order valence-electron chi connectivity index (χ4n) is 1.57. The van der Waals surface area contributed by atoms with E-state index < -0.39 is 11.2 Å². The summed E-state index contributed by atoms with van der Waals surface area (Å²) in [5, 5.41) is 9.89. The van der Waals surface area contributed by atoms with Crippen molar-refractivity contribution in [3.63, 3.8) is 0 Å². The van der Waals surface area contributed by atoms with Gasteiger partial charge in [0.05, 0.1) is 0 Å². The predicted octanol–water partition coefficient (Wildman–Crippen LogP) is 0.876. The predicted molar refractivity (Wildman–Crippen MR) is 87.7 cm³/mol. The number of H-pyrrole nitrogens is 2. The van der Waals surface area contributed by atoms with E-state index in [4.69, 9.17) is 0 Å². The maximum atomic E-state index is 11.8. The normalized spacial score (nSPS) is 10.2. The minimum atomic E-state index is -0.639. The highest BCUT2D eigenvalue weighted by Crippen LogP contribution is 2.17. The molecule has 3 N–H and O–H groups in total. The number of hydrogen-bond donors (Lipinski definition) is 3. The number of aromatic amines is 2. The average molecular weight is 333 g/mol. The lowest BCUT2D eigenvalue weighted by atomic mass is 10.1. The molecule has 2 aromatic rings. The largest absolute Gasteiger partial charge is 0.342 e. The third kappa shape index (κ3) is 4.92. The van der Waals surface area contributed by atoms with Gasteiger partial charge in [0.15, 0.2) is 5.03 Å². The van der Waals surface area contributed by atoms with Crippen LogP contribution in [0, 0.1) is 0 Å². The summed E-state index contributed by atoms with van der Waals surface area (Å²) in [4.78, 5) is 36.3. The van der Waals surface area contributed by atoms with Crippen LogP contribution in [-0.4, -0.2) is 26.8 Å². The molecule has 0 spiro atoms. The summed E-state index contributed by atoms with van der Waals surface area (Å²) in [7, 11) is 0. The highest BCUT2D eigenvalue weighted by molar-refractivity contribution is 7.98. The van der Waals surface area contributed by atoms with Gasteiger partial charge in [0, 0.05) is 17.0 Å². The number of carbonyl (C=O) groups excluding carboxylic acids is 1. The summed E-state index contributed by atoms with van der Waals surface area (Å²) in [6.07, 6.45) is 0. The third-order valence-electron chi connectivity index (χ3n) is 2.65. The van der Waals surface area contributed by atoms with Gasteiger partial charge in [0.25, 0.3) is 11.5 Å². The number of nitrogens with zero attached hydrogens (tertiary/aromatic N) is 2. The molecule has 1 aromatic carbocycles. The Balaban J connectivity index is 2.00. The van der Waals surface area contributed by atoms with E-state index in [-0.39, 0.29) is 10.9 Å². The van der Waals surface area contributed by atoms with Crippen molar-refractivity contribution in [3.8, 4) is 0 Å². The molecule has 1 amide bonds. The van der Waals surface area contributed by atoms with Gasteiger partial charge in [0.2, 0.25) is 0 Å². The highest BCUT2D eigenvalue weighted by Gasteiger charge is 2.06. The Labute approximate surface area is 135 Å². The SMILES string of the molecule is CC(C)=NNC(=O)c1ccc(CSc2n[nH]c(=O)[nH]c2=O)cc1. The van der Waals surface area contributed by atoms with Crippen LogP contribution in [0.2, 0.25) is 0 Å². The number of hydrazone groups is 1. The summed E-state index contributed by atoms with van der Waals surface area (Å²) in [5.41, 5.74) is 3.43. The zero-order chi connectivity index (χ0) is 16.8. The van der Waals surface area contributed by atoms with Crippen molar-refractivity contribution >= 4 is 23.4 Å². The van der Waals surface area contributed by atoms with E-state index in [1.807, 2.05) is 0 Å². The summed E-state index contributed by atoms with van der Waals surface area (Å²) < 4.78 is 0. The fourth-order valence-corrected chi connectivity index (χ4v) is 2.35. The molecule has 0 atom stereocenters. The molecule has 2 rings (SSSR count). The molecule has 23 heavy (non-hydrogen) atoms. The first-order valence-electron chi connectivity index (χ1n) is 6.67. The number of rotatable bonds is 5. The van der Waals surface area contributed by atoms with E-state index in [1.54, 1.807) is 38.1 Å². The minimum Gasteiger partial charge on any atom is -0.271 e. The Bertz CT molecular complexity index is 834. The van der Waals surface area contributed by atoms with E-state index in [9.17, 15) is 14.4 Å². The topological polar surface area (TPSA) is 120 Å². The number of thioether (sulfide) groups is 1. The van der Waals surface area contributed by atoms with E-state index in [1.165, 1.54) is 11.8 Å². The van der Waals surface area contributed by atoms with E-state index in [0.29, 0.717) is 11.3 Å². The van der Waals surface area contributed by atoms with Gasteiger partial charge in [-0.25, -0.2) is 15.3 Å². The second-order valence-corrected chi connectivity index (χ2v) is 5.76. The van der Waals surface area contributed by atoms with Crippen LogP contribution in [0.1, 0.15) is 29.8 Å². The van der Waals surface area contributed by atoms with E-state index >= 15 is 0 Å². The molecular weight excluding hydrogens is 318 g/mol. The van der Waals surface area contributed by atoms with Crippen LogP contribution in [0.5, 0.6) is 0 Å². The molecule has 1 aromatic heterocycles. The number of aromatic nitrogens is 3. The van der Waals surface area contributed by atoms with Crippen LogP contribution in [-0.2, 0) is 5.75 Å². The smallest absolute Gasteiger partial charge is 0.271 e. The van der Waals surface area contributed by atoms with Crippen molar-refractivity contribution in [2.75, 3.05) is 0 Å². The van der Waals surface area contributed by atoms with Crippen molar-refractivity contribution < 1.29 is 4.79 Å². The second-order valence-electron chi connectivity index (χ2n) is 4.80. The first-order chi connectivity index (χ1) is 11.0. The van der Waals surface area contributed by atoms with Gasteiger partial charge in [-0.15, -0.1) is 0 Å². The molecule has 0 unspecified atom stereocenters.